The molecule has 0 saturated carbocycles. The molecular weight excluding hydrogens is 512 g/mol. The van der Waals surface area contributed by atoms with Gasteiger partial charge in [0.2, 0.25) is 0 Å². The Balaban J connectivity index is 1.42. The van der Waals surface area contributed by atoms with Gasteiger partial charge in [0.25, 0.3) is 0 Å². The second kappa shape index (κ2) is 8.73. The Hall–Kier alpha value is -5.54. The van der Waals surface area contributed by atoms with E-state index in [4.69, 9.17) is 14.7 Å². The van der Waals surface area contributed by atoms with Crippen LogP contribution in [0.25, 0.3) is 44.7 Å². The maximum Gasteiger partial charge on any atom is 0.160 e. The Morgan fingerprint density at radius 1 is 0.452 bits per heavy atom. The third kappa shape index (κ3) is 3.05. The van der Waals surface area contributed by atoms with Gasteiger partial charge in [0.15, 0.2) is 5.82 Å². The molecule has 1 aliphatic carbocycles. The van der Waals surface area contributed by atoms with Gasteiger partial charge in [-0.05, 0) is 40.5 Å². The maximum absolute atomic E-state index is 6.51. The first kappa shape index (κ1) is 23.2. The summed E-state index contributed by atoms with van der Waals surface area (Å²) in [6, 6.07) is 51.0. The highest BCUT2D eigenvalue weighted by molar-refractivity contribution is 6.02. The van der Waals surface area contributed by atoms with E-state index >= 15 is 0 Å². The zero-order valence-electron chi connectivity index (χ0n) is 22.7. The van der Waals surface area contributed by atoms with Crippen LogP contribution in [0.15, 0.2) is 146 Å². The smallest absolute Gasteiger partial charge is 0.160 e. The highest BCUT2D eigenvalue weighted by Gasteiger charge is 2.51. The molecule has 3 nitrogen and oxygen atoms in total. The predicted octanol–water partition coefficient (Wildman–Crippen LogP) is 9.43. The zero-order chi connectivity index (χ0) is 27.7. The molecule has 3 heteroatoms. The lowest BCUT2D eigenvalue weighted by atomic mass is 9.66. The number of aromatic nitrogens is 2. The van der Waals surface area contributed by atoms with Crippen LogP contribution in [0.5, 0.6) is 11.5 Å². The maximum atomic E-state index is 6.51. The van der Waals surface area contributed by atoms with Gasteiger partial charge >= 0.3 is 0 Å². The van der Waals surface area contributed by atoms with E-state index < -0.39 is 5.41 Å². The number of hydrogen-bond acceptors (Lipinski definition) is 3. The summed E-state index contributed by atoms with van der Waals surface area (Å²) >= 11 is 0. The van der Waals surface area contributed by atoms with Crippen molar-refractivity contribution < 1.29 is 4.74 Å². The summed E-state index contributed by atoms with van der Waals surface area (Å²) in [5.74, 6) is 2.51. The molecule has 0 radical (unpaired) electrons. The molecule has 2 heterocycles. The van der Waals surface area contributed by atoms with E-state index in [-0.39, 0.29) is 0 Å². The fourth-order valence-electron chi connectivity index (χ4n) is 7.10. The molecule has 0 N–H and O–H groups in total. The topological polar surface area (TPSA) is 35.0 Å². The summed E-state index contributed by atoms with van der Waals surface area (Å²) < 4.78 is 6.51. The summed E-state index contributed by atoms with van der Waals surface area (Å²) in [5.41, 5.74) is 10.7. The molecule has 6 aromatic carbocycles. The minimum atomic E-state index is -0.515. The van der Waals surface area contributed by atoms with Crippen LogP contribution >= 0.6 is 0 Å². The van der Waals surface area contributed by atoms with Crippen molar-refractivity contribution in [3.63, 3.8) is 0 Å². The first-order chi connectivity index (χ1) is 20.8. The van der Waals surface area contributed by atoms with Crippen LogP contribution in [0.3, 0.4) is 0 Å². The Labute approximate surface area is 243 Å². The molecule has 7 aromatic rings. The van der Waals surface area contributed by atoms with Gasteiger partial charge in [0.05, 0.1) is 16.6 Å². The molecule has 0 unspecified atom stereocenters. The summed E-state index contributed by atoms with van der Waals surface area (Å²) in [5, 5.41) is 1.04. The molecule has 1 aliphatic heterocycles. The molecule has 1 aromatic heterocycles. The fraction of sp³-hybridized carbons (Fsp3) is 0.0256. The monoisotopic (exact) mass is 536 g/mol. The van der Waals surface area contributed by atoms with Crippen LogP contribution in [-0.4, -0.2) is 9.97 Å². The second-order valence-corrected chi connectivity index (χ2v) is 10.9. The Morgan fingerprint density at radius 3 is 1.83 bits per heavy atom. The van der Waals surface area contributed by atoms with Gasteiger partial charge in [-0.15, -0.1) is 0 Å². The molecule has 0 atom stereocenters. The minimum Gasteiger partial charge on any atom is -0.457 e. The van der Waals surface area contributed by atoms with Crippen molar-refractivity contribution in [3.05, 3.63) is 168 Å². The van der Waals surface area contributed by atoms with Gasteiger partial charge in [-0.1, -0.05) is 127 Å². The normalized spacial score (nSPS) is 13.6. The van der Waals surface area contributed by atoms with Crippen LogP contribution in [0, 0.1) is 0 Å². The minimum absolute atomic E-state index is 0.515. The van der Waals surface area contributed by atoms with Crippen molar-refractivity contribution in [2.24, 2.45) is 0 Å². The average Bonchev–Trinajstić information content (AvgIpc) is 3.36. The number of hydrogen-bond donors (Lipinski definition) is 0. The number of rotatable bonds is 2. The molecule has 9 rings (SSSR count). The third-order valence-electron chi connectivity index (χ3n) is 8.76. The quantitative estimate of drug-likeness (QED) is 0.221. The van der Waals surface area contributed by atoms with E-state index in [1.54, 1.807) is 0 Å². The van der Waals surface area contributed by atoms with Crippen molar-refractivity contribution in [2.45, 2.75) is 5.41 Å². The Kier molecular flexibility index (Phi) is 4.82. The fourth-order valence-corrected chi connectivity index (χ4v) is 7.10. The SMILES string of the molecule is c1ccc(-c2nc(-c3cccc4c3-c3ccccc3C43c4ccccc4Oc4ccccc43)c3ccccc3n2)cc1. The summed E-state index contributed by atoms with van der Waals surface area (Å²) in [6.45, 7) is 0. The van der Waals surface area contributed by atoms with Crippen LogP contribution < -0.4 is 4.74 Å². The molecule has 2 aliphatic rings. The average molecular weight is 537 g/mol. The Morgan fingerprint density at radius 2 is 1.05 bits per heavy atom. The highest BCUT2D eigenvalue weighted by atomic mass is 16.5. The number of para-hydroxylation sites is 3. The highest BCUT2D eigenvalue weighted by Crippen LogP contribution is 2.63. The molecule has 0 amide bonds. The van der Waals surface area contributed by atoms with Crippen LogP contribution in [0.4, 0.5) is 0 Å². The lowest BCUT2D eigenvalue weighted by Crippen LogP contribution is -2.32. The van der Waals surface area contributed by atoms with Crippen molar-refractivity contribution >= 4 is 10.9 Å². The van der Waals surface area contributed by atoms with E-state index in [2.05, 4.69) is 121 Å². The molecule has 1 spiro atoms. The molecule has 0 saturated heterocycles. The largest absolute Gasteiger partial charge is 0.457 e. The van der Waals surface area contributed by atoms with Gasteiger partial charge < -0.3 is 4.74 Å². The number of benzene rings is 6. The lowest BCUT2D eigenvalue weighted by Gasteiger charge is -2.39. The van der Waals surface area contributed by atoms with Crippen molar-refractivity contribution in [1.29, 1.82) is 0 Å². The summed E-state index contributed by atoms with van der Waals surface area (Å²) in [4.78, 5) is 10.3. The summed E-state index contributed by atoms with van der Waals surface area (Å²) in [6.07, 6.45) is 0. The van der Waals surface area contributed by atoms with E-state index in [1.165, 1.54) is 22.3 Å². The van der Waals surface area contributed by atoms with E-state index in [0.29, 0.717) is 0 Å². The second-order valence-electron chi connectivity index (χ2n) is 10.9. The van der Waals surface area contributed by atoms with Gasteiger partial charge in [-0.2, -0.15) is 0 Å². The van der Waals surface area contributed by atoms with Crippen LogP contribution in [0.1, 0.15) is 22.3 Å². The lowest BCUT2D eigenvalue weighted by molar-refractivity contribution is 0.436. The Bertz CT molecular complexity index is 2140. The zero-order valence-corrected chi connectivity index (χ0v) is 22.7. The summed E-state index contributed by atoms with van der Waals surface area (Å²) in [7, 11) is 0. The van der Waals surface area contributed by atoms with Crippen molar-refractivity contribution in [1.82, 2.24) is 9.97 Å². The molecule has 0 bridgehead atoms. The van der Waals surface area contributed by atoms with Crippen LogP contribution in [-0.2, 0) is 5.41 Å². The van der Waals surface area contributed by atoms with Gasteiger partial charge in [-0.3, -0.25) is 0 Å². The first-order valence-electron chi connectivity index (χ1n) is 14.3. The van der Waals surface area contributed by atoms with Gasteiger partial charge in [0.1, 0.15) is 11.5 Å². The van der Waals surface area contributed by atoms with Gasteiger partial charge in [-0.25, -0.2) is 9.97 Å². The van der Waals surface area contributed by atoms with Crippen molar-refractivity contribution in [2.75, 3.05) is 0 Å². The van der Waals surface area contributed by atoms with E-state index in [1.807, 2.05) is 24.3 Å². The molecule has 0 fully saturated rings. The van der Waals surface area contributed by atoms with E-state index in [0.717, 1.165) is 56.2 Å². The number of ether oxygens (including phenoxy) is 1. The predicted molar refractivity (Wildman–Crippen MR) is 168 cm³/mol. The van der Waals surface area contributed by atoms with E-state index in [9.17, 15) is 0 Å². The van der Waals surface area contributed by atoms with Crippen molar-refractivity contribution in [3.8, 4) is 45.3 Å². The number of fused-ring (bicyclic) bond motifs is 10. The van der Waals surface area contributed by atoms with Gasteiger partial charge in [0, 0.05) is 27.6 Å². The standard InChI is InChI=1S/C39H24N2O/c1-2-13-25(14-3-1)38-40-33-22-9-5-16-27(33)37(41-38)28-17-12-21-32-36(28)26-15-4-6-18-29(26)39(32)30-19-7-10-23-34(30)42-35-24-11-8-20-31(35)39/h1-24H. The number of nitrogens with zero attached hydrogens (tertiary/aromatic N) is 2. The molecule has 42 heavy (non-hydrogen) atoms. The third-order valence-corrected chi connectivity index (χ3v) is 8.76. The molecular formula is C39H24N2O. The molecule has 196 valence electrons. The first-order valence-corrected chi connectivity index (χ1v) is 14.3. The van der Waals surface area contributed by atoms with Crippen LogP contribution in [0.2, 0.25) is 0 Å².